The van der Waals surface area contributed by atoms with Crippen molar-refractivity contribution in [2.75, 3.05) is 34.3 Å². The molecule has 5 nitrogen and oxygen atoms in total. The topological polar surface area (TPSA) is 44.4 Å². The Bertz CT molecular complexity index is 627. The zero-order valence-electron chi connectivity index (χ0n) is 14.3. The van der Waals surface area contributed by atoms with Gasteiger partial charge in [-0.05, 0) is 38.7 Å². The lowest BCUT2D eigenvalue weighted by Crippen LogP contribution is -2.31. The van der Waals surface area contributed by atoms with E-state index >= 15 is 0 Å². The zero-order valence-corrected chi connectivity index (χ0v) is 14.3. The average Bonchev–Trinajstić information content (AvgIpc) is 2.90. The number of aromatic nitrogens is 2. The Morgan fingerprint density at radius 1 is 1.22 bits per heavy atom. The van der Waals surface area contributed by atoms with Crippen LogP contribution in [-0.2, 0) is 13.1 Å². The monoisotopic (exact) mass is 320 g/mol. The van der Waals surface area contributed by atoms with E-state index in [2.05, 4.69) is 19.8 Å². The minimum Gasteiger partial charge on any atom is -0.494 e. The number of H-pyrrole nitrogens is 1. The molecular formula is C17H25FN4O. The highest BCUT2D eigenvalue weighted by Gasteiger charge is 2.12. The third kappa shape index (κ3) is 5.04. The van der Waals surface area contributed by atoms with Gasteiger partial charge in [-0.25, -0.2) is 9.37 Å². The van der Waals surface area contributed by atoms with Crippen LogP contribution in [0.4, 0.5) is 4.39 Å². The second-order valence-corrected chi connectivity index (χ2v) is 5.96. The summed E-state index contributed by atoms with van der Waals surface area (Å²) < 4.78 is 18.9. The Morgan fingerprint density at radius 2 is 2.00 bits per heavy atom. The summed E-state index contributed by atoms with van der Waals surface area (Å²) >= 11 is 0. The van der Waals surface area contributed by atoms with E-state index < -0.39 is 0 Å². The molecule has 126 valence electrons. The van der Waals surface area contributed by atoms with E-state index in [1.807, 2.05) is 27.1 Å². The number of aryl methyl sites for hydroxylation is 1. The molecule has 0 unspecified atom stereocenters. The Balaban J connectivity index is 2.10. The first-order chi connectivity index (χ1) is 11.0. The lowest BCUT2D eigenvalue weighted by Gasteiger charge is -2.24. The molecule has 1 aromatic heterocycles. The summed E-state index contributed by atoms with van der Waals surface area (Å²) in [4.78, 5) is 11.9. The van der Waals surface area contributed by atoms with Crippen molar-refractivity contribution in [2.24, 2.45) is 0 Å². The molecular weight excluding hydrogens is 295 g/mol. The predicted octanol–water partition coefficient (Wildman–Crippen LogP) is 2.43. The number of nitrogens with one attached hydrogen (secondary N) is 1. The van der Waals surface area contributed by atoms with Crippen molar-refractivity contribution >= 4 is 0 Å². The van der Waals surface area contributed by atoms with Crippen molar-refractivity contribution in [1.29, 1.82) is 0 Å². The largest absolute Gasteiger partial charge is 0.494 e. The quantitative estimate of drug-likeness (QED) is 0.811. The van der Waals surface area contributed by atoms with Crippen LogP contribution in [-0.4, -0.2) is 54.1 Å². The number of ether oxygens (including phenoxy) is 1. The molecule has 0 aliphatic rings. The van der Waals surface area contributed by atoms with Crippen molar-refractivity contribution in [1.82, 2.24) is 19.8 Å². The molecule has 6 heteroatoms. The molecule has 0 aliphatic heterocycles. The molecule has 0 radical (unpaired) electrons. The van der Waals surface area contributed by atoms with Crippen molar-refractivity contribution < 1.29 is 9.13 Å². The van der Waals surface area contributed by atoms with Gasteiger partial charge in [0, 0.05) is 31.9 Å². The normalized spacial score (nSPS) is 11.4. The molecule has 1 aromatic carbocycles. The second-order valence-electron chi connectivity index (χ2n) is 5.96. The van der Waals surface area contributed by atoms with Crippen LogP contribution < -0.4 is 4.74 Å². The number of nitrogens with zero attached hydrogens (tertiary/aromatic N) is 3. The lowest BCUT2D eigenvalue weighted by molar-refractivity contribution is 0.223. The summed E-state index contributed by atoms with van der Waals surface area (Å²) in [6, 6.07) is 5.12. The van der Waals surface area contributed by atoms with Crippen LogP contribution in [0, 0.1) is 12.7 Å². The van der Waals surface area contributed by atoms with E-state index in [0.717, 1.165) is 36.6 Å². The smallest absolute Gasteiger partial charge is 0.165 e. The number of methoxy groups -OCH3 is 1. The molecule has 0 amide bonds. The van der Waals surface area contributed by atoms with Gasteiger partial charge in [0.1, 0.15) is 0 Å². The number of hydrogen-bond acceptors (Lipinski definition) is 4. The number of benzene rings is 1. The number of likely N-dealkylation sites (N-methyl/N-ethyl adjacent to an activating group) is 1. The zero-order chi connectivity index (χ0) is 16.8. The maximum absolute atomic E-state index is 13.9. The van der Waals surface area contributed by atoms with Crippen LogP contribution in [0.5, 0.6) is 5.75 Å². The third-order valence-electron chi connectivity index (χ3n) is 3.79. The van der Waals surface area contributed by atoms with E-state index in [1.165, 1.54) is 7.11 Å². The van der Waals surface area contributed by atoms with Crippen molar-refractivity contribution in [3.8, 4) is 5.75 Å². The summed E-state index contributed by atoms with van der Waals surface area (Å²) in [6.45, 7) is 5.23. The average molecular weight is 320 g/mol. The van der Waals surface area contributed by atoms with Gasteiger partial charge in [-0.1, -0.05) is 6.07 Å². The molecule has 0 saturated heterocycles. The van der Waals surface area contributed by atoms with E-state index in [1.54, 1.807) is 18.5 Å². The fourth-order valence-electron chi connectivity index (χ4n) is 2.38. The first-order valence-electron chi connectivity index (χ1n) is 7.68. The summed E-state index contributed by atoms with van der Waals surface area (Å²) in [6.07, 6.45) is 1.71. The maximum atomic E-state index is 13.9. The predicted molar refractivity (Wildman–Crippen MR) is 88.9 cm³/mol. The van der Waals surface area contributed by atoms with Gasteiger partial charge in [-0.3, -0.25) is 4.90 Å². The van der Waals surface area contributed by atoms with Gasteiger partial charge in [-0.15, -0.1) is 0 Å². The lowest BCUT2D eigenvalue weighted by atomic mass is 10.2. The highest BCUT2D eigenvalue weighted by Crippen LogP contribution is 2.19. The van der Waals surface area contributed by atoms with Crippen LogP contribution in [0.2, 0.25) is 0 Å². The molecule has 0 fully saturated rings. The van der Waals surface area contributed by atoms with Crippen LogP contribution in [0.25, 0.3) is 0 Å². The number of rotatable bonds is 8. The maximum Gasteiger partial charge on any atom is 0.165 e. The van der Waals surface area contributed by atoms with Gasteiger partial charge in [0.25, 0.3) is 0 Å². The van der Waals surface area contributed by atoms with E-state index in [-0.39, 0.29) is 11.6 Å². The number of halogens is 1. The Morgan fingerprint density at radius 3 is 2.57 bits per heavy atom. The molecule has 0 bridgehead atoms. The first-order valence-corrected chi connectivity index (χ1v) is 7.68. The second kappa shape index (κ2) is 8.08. The fraction of sp³-hybridized carbons (Fsp3) is 0.471. The highest BCUT2D eigenvalue weighted by molar-refractivity contribution is 5.29. The summed E-state index contributed by atoms with van der Waals surface area (Å²) in [7, 11) is 5.57. The van der Waals surface area contributed by atoms with E-state index in [0.29, 0.717) is 6.54 Å². The van der Waals surface area contributed by atoms with Gasteiger partial charge < -0.3 is 14.6 Å². The van der Waals surface area contributed by atoms with Crippen LogP contribution >= 0.6 is 0 Å². The van der Waals surface area contributed by atoms with Gasteiger partial charge in [0.05, 0.1) is 19.1 Å². The molecule has 2 aromatic rings. The van der Waals surface area contributed by atoms with E-state index in [9.17, 15) is 4.39 Å². The number of hydrogen-bond donors (Lipinski definition) is 1. The summed E-state index contributed by atoms with van der Waals surface area (Å²) in [5.41, 5.74) is 3.02. The minimum absolute atomic E-state index is 0.275. The molecule has 23 heavy (non-hydrogen) atoms. The molecule has 0 aliphatic carbocycles. The summed E-state index contributed by atoms with van der Waals surface area (Å²) in [5, 5.41) is 0. The van der Waals surface area contributed by atoms with Crippen LogP contribution in [0.1, 0.15) is 17.0 Å². The van der Waals surface area contributed by atoms with Crippen molar-refractivity contribution in [2.45, 2.75) is 20.0 Å². The Kier molecular flexibility index (Phi) is 6.12. The molecule has 1 N–H and O–H groups in total. The fourth-order valence-corrected chi connectivity index (χ4v) is 2.38. The molecule has 0 spiro atoms. The van der Waals surface area contributed by atoms with E-state index in [4.69, 9.17) is 4.74 Å². The molecule has 0 atom stereocenters. The van der Waals surface area contributed by atoms with Crippen LogP contribution in [0.3, 0.4) is 0 Å². The van der Waals surface area contributed by atoms with Gasteiger partial charge in [-0.2, -0.15) is 0 Å². The van der Waals surface area contributed by atoms with Gasteiger partial charge in [0.2, 0.25) is 0 Å². The van der Waals surface area contributed by atoms with Gasteiger partial charge in [0.15, 0.2) is 11.6 Å². The standard InChI is InChI=1S/C17H25FN4O/c1-13-16(20-12-19-13)11-22(8-7-21(2)3)10-14-5-6-17(23-4)15(18)9-14/h5-6,9,12H,7-8,10-11H2,1-4H3,(H,19,20). The first kappa shape index (κ1) is 17.4. The van der Waals surface area contributed by atoms with Gasteiger partial charge >= 0.3 is 0 Å². The third-order valence-corrected chi connectivity index (χ3v) is 3.79. The molecule has 0 saturated carbocycles. The number of aromatic amines is 1. The Labute approximate surface area is 137 Å². The number of imidazole rings is 1. The molecule has 2 rings (SSSR count). The molecule has 1 heterocycles. The summed E-state index contributed by atoms with van der Waals surface area (Å²) in [5.74, 6) is -0.0507. The van der Waals surface area contributed by atoms with Crippen molar-refractivity contribution in [3.63, 3.8) is 0 Å². The van der Waals surface area contributed by atoms with Crippen molar-refractivity contribution in [3.05, 3.63) is 47.3 Å². The SMILES string of the molecule is COc1ccc(CN(CCN(C)C)Cc2nc[nH]c2C)cc1F. The Hall–Kier alpha value is -1.92. The van der Waals surface area contributed by atoms with Crippen LogP contribution in [0.15, 0.2) is 24.5 Å². The minimum atomic E-state index is -0.325. The highest BCUT2D eigenvalue weighted by atomic mass is 19.1.